The Bertz CT molecular complexity index is 358. The molecule has 0 spiro atoms. The molecule has 1 aromatic rings. The Morgan fingerprint density at radius 2 is 1.71 bits per heavy atom. The summed E-state index contributed by atoms with van der Waals surface area (Å²) in [7, 11) is 0. The molecule has 1 aliphatic rings. The smallest absolute Gasteiger partial charge is 0.00385 e. The second-order valence-electron chi connectivity index (χ2n) is 5.68. The minimum absolute atomic E-state index is 0.501. The predicted octanol–water partition coefficient (Wildman–Crippen LogP) is 5.42. The minimum atomic E-state index is 0.501. The second kappa shape index (κ2) is 5.25. The normalized spacial score (nSPS) is 21.5. The summed E-state index contributed by atoms with van der Waals surface area (Å²) in [5, 5.41) is 0. The first-order chi connectivity index (χ1) is 8.27. The molecule has 0 radical (unpaired) electrons. The summed E-state index contributed by atoms with van der Waals surface area (Å²) in [6.45, 7) is 7.01. The number of hydrogen-bond donors (Lipinski definition) is 0. The lowest BCUT2D eigenvalue weighted by atomic mass is 9.74. The minimum Gasteiger partial charge on any atom is -0.0654 e. The van der Waals surface area contributed by atoms with Crippen LogP contribution in [0.15, 0.2) is 24.3 Å². The fraction of sp³-hybridized carbons (Fsp3) is 0.647. The molecule has 0 nitrogen and oxygen atoms in total. The zero-order chi connectivity index (χ0) is 12.3. The van der Waals surface area contributed by atoms with Crippen molar-refractivity contribution in [2.75, 3.05) is 0 Å². The summed E-state index contributed by atoms with van der Waals surface area (Å²) in [6.07, 6.45) is 8.05. The summed E-state index contributed by atoms with van der Waals surface area (Å²) in [5.41, 5.74) is 3.83. The lowest BCUT2D eigenvalue weighted by molar-refractivity contribution is 0.333. The Morgan fingerprint density at radius 1 is 1.06 bits per heavy atom. The van der Waals surface area contributed by atoms with Crippen LogP contribution >= 0.6 is 0 Å². The van der Waals surface area contributed by atoms with Gasteiger partial charge in [0.2, 0.25) is 0 Å². The summed E-state index contributed by atoms with van der Waals surface area (Å²) < 4.78 is 0. The molecule has 1 aromatic carbocycles. The van der Waals surface area contributed by atoms with Crippen molar-refractivity contribution in [3.63, 3.8) is 0 Å². The Hall–Kier alpha value is -0.780. The van der Waals surface area contributed by atoms with Crippen LogP contribution in [0.4, 0.5) is 0 Å². The van der Waals surface area contributed by atoms with E-state index in [9.17, 15) is 0 Å². The molecule has 0 N–H and O–H groups in total. The van der Waals surface area contributed by atoms with E-state index in [1.54, 1.807) is 11.1 Å². The highest BCUT2D eigenvalue weighted by molar-refractivity contribution is 5.42. The van der Waals surface area contributed by atoms with Gasteiger partial charge in [0.05, 0.1) is 0 Å². The Morgan fingerprint density at radius 3 is 2.29 bits per heavy atom. The van der Waals surface area contributed by atoms with E-state index in [2.05, 4.69) is 45.0 Å². The van der Waals surface area contributed by atoms with Crippen molar-refractivity contribution >= 4 is 0 Å². The van der Waals surface area contributed by atoms with Crippen molar-refractivity contribution in [1.82, 2.24) is 0 Å². The zero-order valence-corrected chi connectivity index (χ0v) is 11.6. The number of benzene rings is 1. The third kappa shape index (κ3) is 2.14. The second-order valence-corrected chi connectivity index (χ2v) is 5.68. The van der Waals surface area contributed by atoms with E-state index in [4.69, 9.17) is 0 Å². The molecule has 17 heavy (non-hydrogen) atoms. The molecule has 94 valence electrons. The third-order valence-electron chi connectivity index (χ3n) is 4.56. The number of rotatable bonds is 5. The first-order valence-electron chi connectivity index (χ1n) is 7.36. The van der Waals surface area contributed by atoms with Gasteiger partial charge in [0.1, 0.15) is 0 Å². The van der Waals surface area contributed by atoms with E-state index in [0.717, 1.165) is 5.92 Å². The molecule has 0 amide bonds. The monoisotopic (exact) mass is 230 g/mol. The molecule has 2 rings (SSSR count). The molecular formula is C17H26. The van der Waals surface area contributed by atoms with Gasteiger partial charge in [-0.15, -0.1) is 0 Å². The van der Waals surface area contributed by atoms with Crippen LogP contribution in [0.25, 0.3) is 0 Å². The van der Waals surface area contributed by atoms with Gasteiger partial charge >= 0.3 is 0 Å². The standard InChI is InChI=1S/C17H26/c1-4-11-17(12-5-2)13-14(6-3)15-9-7-8-10-16(15)17/h7-10,14H,4-6,11-13H2,1-3H3. The summed E-state index contributed by atoms with van der Waals surface area (Å²) in [6, 6.07) is 9.22. The summed E-state index contributed by atoms with van der Waals surface area (Å²) in [5.74, 6) is 0.810. The predicted molar refractivity (Wildman–Crippen MR) is 75.6 cm³/mol. The third-order valence-corrected chi connectivity index (χ3v) is 4.56. The quantitative estimate of drug-likeness (QED) is 0.633. The maximum Gasteiger partial charge on any atom is -0.00385 e. The lowest BCUT2D eigenvalue weighted by Crippen LogP contribution is -2.22. The highest BCUT2D eigenvalue weighted by atomic mass is 14.4. The van der Waals surface area contributed by atoms with Crippen molar-refractivity contribution < 1.29 is 0 Å². The van der Waals surface area contributed by atoms with E-state index in [1.165, 1.54) is 38.5 Å². The van der Waals surface area contributed by atoms with Gasteiger partial charge in [-0.2, -0.15) is 0 Å². The molecule has 0 aromatic heterocycles. The first-order valence-corrected chi connectivity index (χ1v) is 7.36. The molecule has 1 atom stereocenters. The van der Waals surface area contributed by atoms with Gasteiger partial charge < -0.3 is 0 Å². The van der Waals surface area contributed by atoms with Crippen molar-refractivity contribution in [3.8, 4) is 0 Å². The van der Waals surface area contributed by atoms with Gasteiger partial charge in [0.15, 0.2) is 0 Å². The average molecular weight is 230 g/mol. The fourth-order valence-electron chi connectivity index (χ4n) is 3.95. The Kier molecular flexibility index (Phi) is 3.91. The molecule has 0 saturated carbocycles. The van der Waals surface area contributed by atoms with E-state index in [1.807, 2.05) is 0 Å². The molecule has 0 heterocycles. The van der Waals surface area contributed by atoms with Gasteiger partial charge in [0.25, 0.3) is 0 Å². The summed E-state index contributed by atoms with van der Waals surface area (Å²) >= 11 is 0. The number of hydrogen-bond acceptors (Lipinski definition) is 0. The van der Waals surface area contributed by atoms with Gasteiger partial charge in [-0.3, -0.25) is 0 Å². The van der Waals surface area contributed by atoms with Crippen LogP contribution in [0.1, 0.15) is 76.3 Å². The topological polar surface area (TPSA) is 0 Å². The molecule has 0 fully saturated rings. The largest absolute Gasteiger partial charge is 0.0654 e. The van der Waals surface area contributed by atoms with Crippen molar-refractivity contribution in [2.24, 2.45) is 0 Å². The molecule has 0 aliphatic heterocycles. The molecule has 1 unspecified atom stereocenters. The van der Waals surface area contributed by atoms with Crippen LogP contribution in [0, 0.1) is 0 Å². The van der Waals surface area contributed by atoms with Gasteiger partial charge in [-0.25, -0.2) is 0 Å². The van der Waals surface area contributed by atoms with Crippen molar-refractivity contribution in [3.05, 3.63) is 35.4 Å². The Balaban J connectivity index is 2.42. The van der Waals surface area contributed by atoms with E-state index in [-0.39, 0.29) is 0 Å². The lowest BCUT2D eigenvalue weighted by Gasteiger charge is -2.30. The van der Waals surface area contributed by atoms with Crippen LogP contribution in [0.3, 0.4) is 0 Å². The van der Waals surface area contributed by atoms with Gasteiger partial charge in [0, 0.05) is 0 Å². The average Bonchev–Trinajstić information content (AvgIpc) is 2.66. The fourth-order valence-corrected chi connectivity index (χ4v) is 3.95. The first kappa shape index (κ1) is 12.7. The molecular weight excluding hydrogens is 204 g/mol. The SMILES string of the molecule is CCCC1(CCC)CC(CC)c2ccccc21. The van der Waals surface area contributed by atoms with Crippen LogP contribution in [0.5, 0.6) is 0 Å². The van der Waals surface area contributed by atoms with E-state index >= 15 is 0 Å². The summed E-state index contributed by atoms with van der Waals surface area (Å²) in [4.78, 5) is 0. The molecule has 0 heteroatoms. The van der Waals surface area contributed by atoms with Crippen LogP contribution in [0.2, 0.25) is 0 Å². The van der Waals surface area contributed by atoms with Crippen LogP contribution in [-0.2, 0) is 5.41 Å². The van der Waals surface area contributed by atoms with Gasteiger partial charge in [-0.05, 0) is 48.1 Å². The number of fused-ring (bicyclic) bond motifs is 1. The maximum atomic E-state index is 2.40. The highest BCUT2D eigenvalue weighted by Gasteiger charge is 2.41. The van der Waals surface area contributed by atoms with E-state index in [0.29, 0.717) is 5.41 Å². The van der Waals surface area contributed by atoms with Gasteiger partial charge in [-0.1, -0.05) is 57.9 Å². The van der Waals surface area contributed by atoms with Crippen LogP contribution in [-0.4, -0.2) is 0 Å². The maximum absolute atomic E-state index is 2.40. The molecule has 1 aliphatic carbocycles. The van der Waals surface area contributed by atoms with Crippen LogP contribution < -0.4 is 0 Å². The van der Waals surface area contributed by atoms with Crippen molar-refractivity contribution in [2.45, 2.75) is 70.6 Å². The molecule has 0 saturated heterocycles. The highest BCUT2D eigenvalue weighted by Crippen LogP contribution is 2.52. The van der Waals surface area contributed by atoms with Crippen molar-refractivity contribution in [1.29, 1.82) is 0 Å². The Labute approximate surface area is 106 Å². The zero-order valence-electron chi connectivity index (χ0n) is 11.6. The molecule has 0 bridgehead atoms. The van der Waals surface area contributed by atoms with E-state index < -0.39 is 0 Å².